The molecule has 0 spiro atoms. The lowest BCUT2D eigenvalue weighted by Gasteiger charge is -2.29. The Hall–Kier alpha value is -1.00. The van der Waals surface area contributed by atoms with E-state index in [1.165, 1.54) is 12.1 Å². The molecule has 2 nitrogen and oxygen atoms in total. The lowest BCUT2D eigenvalue weighted by molar-refractivity contribution is 0.0956. The summed E-state index contributed by atoms with van der Waals surface area (Å²) < 4.78 is 25.8. The van der Waals surface area contributed by atoms with Crippen molar-refractivity contribution in [3.63, 3.8) is 0 Å². The second-order valence-electron chi connectivity index (χ2n) is 4.53. The minimum Gasteiger partial charge on any atom is -0.392 e. The van der Waals surface area contributed by atoms with E-state index in [0.29, 0.717) is 12.1 Å². The van der Waals surface area contributed by atoms with E-state index in [2.05, 4.69) is 5.32 Å². The van der Waals surface area contributed by atoms with E-state index in [-0.39, 0.29) is 0 Å². The zero-order chi connectivity index (χ0) is 12.3. The molecule has 0 bridgehead atoms. The molecule has 0 aromatic heterocycles. The molecule has 1 aromatic rings. The van der Waals surface area contributed by atoms with Crippen LogP contribution in [0.5, 0.6) is 0 Å². The van der Waals surface area contributed by atoms with E-state index in [1.807, 2.05) is 13.8 Å². The summed E-state index contributed by atoms with van der Waals surface area (Å²) in [6, 6.07) is 3.38. The topological polar surface area (TPSA) is 32.3 Å². The maximum atomic E-state index is 12.9. The van der Waals surface area contributed by atoms with Crippen LogP contribution in [0.4, 0.5) is 8.78 Å². The fraction of sp³-hybridized carbons (Fsp3) is 0.500. The Kier molecular flexibility index (Phi) is 3.99. The molecule has 90 valence electrons. The monoisotopic (exact) mass is 229 g/mol. The van der Waals surface area contributed by atoms with Crippen LogP contribution in [0.2, 0.25) is 0 Å². The number of hydrogen-bond acceptors (Lipinski definition) is 2. The summed E-state index contributed by atoms with van der Waals surface area (Å²) in [4.78, 5) is 0. The van der Waals surface area contributed by atoms with Crippen LogP contribution in [0.15, 0.2) is 18.2 Å². The summed E-state index contributed by atoms with van der Waals surface area (Å²) in [7, 11) is 0. The summed E-state index contributed by atoms with van der Waals surface area (Å²) in [6.07, 6.45) is -0.550. The van der Waals surface area contributed by atoms with Crippen LogP contribution in [0.3, 0.4) is 0 Å². The number of aliphatic hydroxyl groups is 1. The molecule has 1 aromatic carbocycles. The zero-order valence-corrected chi connectivity index (χ0v) is 9.72. The van der Waals surface area contributed by atoms with E-state index in [0.717, 1.165) is 6.07 Å². The molecule has 0 aliphatic heterocycles. The molecule has 4 heteroatoms. The molecule has 0 radical (unpaired) electrons. The Morgan fingerprint density at radius 2 is 1.75 bits per heavy atom. The van der Waals surface area contributed by atoms with Crippen LogP contribution < -0.4 is 5.32 Å². The highest BCUT2D eigenvalue weighted by Crippen LogP contribution is 2.12. The van der Waals surface area contributed by atoms with Crippen molar-refractivity contribution in [1.29, 1.82) is 0 Å². The zero-order valence-electron chi connectivity index (χ0n) is 9.72. The summed E-state index contributed by atoms with van der Waals surface area (Å²) in [5, 5.41) is 12.5. The van der Waals surface area contributed by atoms with Gasteiger partial charge < -0.3 is 10.4 Å². The van der Waals surface area contributed by atoms with Crippen molar-refractivity contribution in [2.24, 2.45) is 0 Å². The first-order valence-corrected chi connectivity index (χ1v) is 5.19. The second-order valence-corrected chi connectivity index (χ2v) is 4.53. The van der Waals surface area contributed by atoms with Gasteiger partial charge in [0.15, 0.2) is 0 Å². The minimum atomic E-state index is -0.591. The van der Waals surface area contributed by atoms with E-state index in [1.54, 1.807) is 6.92 Å². The fourth-order valence-corrected chi connectivity index (χ4v) is 1.19. The normalized spacial score (nSPS) is 13.9. The van der Waals surface area contributed by atoms with Gasteiger partial charge in [-0.3, -0.25) is 0 Å². The third-order valence-corrected chi connectivity index (χ3v) is 2.71. The predicted octanol–water partition coefficient (Wildman–Crippen LogP) is 2.21. The minimum absolute atomic E-state index is 0.312. The van der Waals surface area contributed by atoms with Gasteiger partial charge in [0.2, 0.25) is 0 Å². The van der Waals surface area contributed by atoms with E-state index >= 15 is 0 Å². The summed E-state index contributed by atoms with van der Waals surface area (Å²) >= 11 is 0. The highest BCUT2D eigenvalue weighted by molar-refractivity contribution is 5.18. The number of hydrogen-bond donors (Lipinski definition) is 2. The van der Waals surface area contributed by atoms with Crippen molar-refractivity contribution in [2.75, 3.05) is 0 Å². The molecule has 1 atom stereocenters. The van der Waals surface area contributed by atoms with Gasteiger partial charge in [0, 0.05) is 18.2 Å². The SMILES string of the molecule is CC(O)C(C)(C)NCc1cc(F)cc(F)c1. The Labute approximate surface area is 94.3 Å². The Morgan fingerprint density at radius 1 is 1.25 bits per heavy atom. The van der Waals surface area contributed by atoms with Crippen molar-refractivity contribution in [3.05, 3.63) is 35.4 Å². The number of rotatable bonds is 4. The lowest BCUT2D eigenvalue weighted by Crippen LogP contribution is -2.47. The molecule has 0 saturated carbocycles. The molecular formula is C12H17F2NO. The number of halogens is 2. The van der Waals surface area contributed by atoms with Crippen molar-refractivity contribution in [1.82, 2.24) is 5.32 Å². The van der Waals surface area contributed by atoms with Crippen LogP contribution in [-0.4, -0.2) is 16.7 Å². The molecule has 0 saturated heterocycles. The van der Waals surface area contributed by atoms with Gasteiger partial charge in [-0.05, 0) is 38.5 Å². The average Bonchev–Trinajstić information content (AvgIpc) is 2.13. The quantitative estimate of drug-likeness (QED) is 0.829. The Balaban J connectivity index is 2.68. The van der Waals surface area contributed by atoms with Crippen molar-refractivity contribution >= 4 is 0 Å². The molecule has 0 amide bonds. The first-order chi connectivity index (χ1) is 7.31. The lowest BCUT2D eigenvalue weighted by atomic mass is 9.98. The number of aliphatic hydroxyl groups excluding tert-OH is 1. The van der Waals surface area contributed by atoms with Crippen LogP contribution >= 0.6 is 0 Å². The maximum Gasteiger partial charge on any atom is 0.126 e. The van der Waals surface area contributed by atoms with Gasteiger partial charge in [0.1, 0.15) is 11.6 Å². The standard InChI is InChI=1S/C12H17F2NO/c1-8(16)12(2,3)15-7-9-4-10(13)6-11(14)5-9/h4-6,8,15-16H,7H2,1-3H3. The molecule has 0 fully saturated rings. The summed E-state index contributed by atoms with van der Waals surface area (Å²) in [6.45, 7) is 5.63. The molecule has 2 N–H and O–H groups in total. The fourth-order valence-electron chi connectivity index (χ4n) is 1.19. The van der Waals surface area contributed by atoms with Crippen LogP contribution in [0, 0.1) is 11.6 Å². The number of benzene rings is 1. The van der Waals surface area contributed by atoms with E-state index in [9.17, 15) is 13.9 Å². The third kappa shape index (κ3) is 3.54. The molecule has 16 heavy (non-hydrogen) atoms. The highest BCUT2D eigenvalue weighted by atomic mass is 19.1. The Bertz CT molecular complexity index is 344. The van der Waals surface area contributed by atoms with Gasteiger partial charge >= 0.3 is 0 Å². The number of nitrogens with one attached hydrogen (secondary N) is 1. The van der Waals surface area contributed by atoms with Crippen molar-refractivity contribution in [2.45, 2.75) is 39.0 Å². The van der Waals surface area contributed by atoms with Crippen LogP contribution in [-0.2, 0) is 6.54 Å². The first-order valence-electron chi connectivity index (χ1n) is 5.19. The molecule has 0 aliphatic rings. The van der Waals surface area contributed by atoms with Gasteiger partial charge in [-0.1, -0.05) is 0 Å². The first kappa shape index (κ1) is 13.1. The van der Waals surface area contributed by atoms with E-state index < -0.39 is 23.3 Å². The molecular weight excluding hydrogens is 212 g/mol. The summed E-state index contributed by atoms with van der Waals surface area (Å²) in [5.41, 5.74) is 0.0224. The largest absolute Gasteiger partial charge is 0.392 e. The van der Waals surface area contributed by atoms with Gasteiger partial charge in [-0.2, -0.15) is 0 Å². The predicted molar refractivity (Wildman–Crippen MR) is 59.0 cm³/mol. The van der Waals surface area contributed by atoms with Gasteiger partial charge in [-0.25, -0.2) is 8.78 Å². The molecule has 1 rings (SSSR count). The van der Waals surface area contributed by atoms with Gasteiger partial charge in [0.25, 0.3) is 0 Å². The van der Waals surface area contributed by atoms with Crippen LogP contribution in [0.25, 0.3) is 0 Å². The highest BCUT2D eigenvalue weighted by Gasteiger charge is 2.22. The van der Waals surface area contributed by atoms with Gasteiger partial charge in [-0.15, -0.1) is 0 Å². The summed E-state index contributed by atoms with van der Waals surface area (Å²) in [5.74, 6) is -1.18. The molecule has 0 heterocycles. The average molecular weight is 229 g/mol. The second kappa shape index (κ2) is 4.89. The molecule has 1 unspecified atom stereocenters. The third-order valence-electron chi connectivity index (χ3n) is 2.71. The van der Waals surface area contributed by atoms with Gasteiger partial charge in [0.05, 0.1) is 6.10 Å². The van der Waals surface area contributed by atoms with Crippen molar-refractivity contribution < 1.29 is 13.9 Å². The van der Waals surface area contributed by atoms with E-state index in [4.69, 9.17) is 0 Å². The Morgan fingerprint density at radius 3 is 2.19 bits per heavy atom. The smallest absolute Gasteiger partial charge is 0.126 e. The van der Waals surface area contributed by atoms with Crippen molar-refractivity contribution in [3.8, 4) is 0 Å². The molecule has 0 aliphatic carbocycles. The van der Waals surface area contributed by atoms with Crippen LogP contribution in [0.1, 0.15) is 26.3 Å². The maximum absolute atomic E-state index is 12.9.